The lowest BCUT2D eigenvalue weighted by Gasteiger charge is -2.04. The number of nitro groups is 1. The molecule has 2 rings (SSSR count). The number of nitro benzene ring substituents is 1. The standard InChI is InChI=1S/C11H9ClN2O3S/c1-7-6-18-11(13-7)5-17-8-2-3-10(14(15)16)9(12)4-8/h2-4,6H,5H2,1H3. The monoisotopic (exact) mass is 284 g/mol. The van der Waals surface area contributed by atoms with Crippen LogP contribution < -0.4 is 4.74 Å². The third-order valence-corrected chi connectivity index (χ3v) is 3.39. The van der Waals surface area contributed by atoms with Gasteiger partial charge in [-0.15, -0.1) is 11.3 Å². The van der Waals surface area contributed by atoms with Crippen LogP contribution in [0.5, 0.6) is 5.75 Å². The Morgan fingerprint density at radius 3 is 2.89 bits per heavy atom. The Hall–Kier alpha value is -1.66. The molecule has 0 spiro atoms. The third kappa shape index (κ3) is 2.96. The van der Waals surface area contributed by atoms with Crippen LogP contribution in [0.1, 0.15) is 10.7 Å². The van der Waals surface area contributed by atoms with Gasteiger partial charge < -0.3 is 4.74 Å². The summed E-state index contributed by atoms with van der Waals surface area (Å²) in [6.45, 7) is 2.23. The maximum absolute atomic E-state index is 10.6. The van der Waals surface area contributed by atoms with Gasteiger partial charge in [0.1, 0.15) is 22.4 Å². The number of nitrogens with zero attached hydrogens (tertiary/aromatic N) is 2. The van der Waals surface area contributed by atoms with E-state index in [1.165, 1.54) is 29.5 Å². The Kier molecular flexibility index (Phi) is 3.78. The van der Waals surface area contributed by atoms with Crippen molar-refractivity contribution in [3.63, 3.8) is 0 Å². The zero-order valence-corrected chi connectivity index (χ0v) is 11.0. The molecule has 94 valence electrons. The molecule has 2 aromatic rings. The largest absolute Gasteiger partial charge is 0.486 e. The predicted octanol–water partition coefficient (Wildman–Crippen LogP) is 3.59. The first-order chi connectivity index (χ1) is 8.56. The molecule has 0 aliphatic carbocycles. The first-order valence-electron chi connectivity index (χ1n) is 5.04. The van der Waals surface area contributed by atoms with E-state index in [-0.39, 0.29) is 10.7 Å². The second-order valence-electron chi connectivity index (χ2n) is 3.54. The summed E-state index contributed by atoms with van der Waals surface area (Å²) in [6, 6.07) is 4.27. The Morgan fingerprint density at radius 1 is 1.56 bits per heavy atom. The molecule has 18 heavy (non-hydrogen) atoms. The molecule has 1 heterocycles. The maximum atomic E-state index is 10.6. The van der Waals surface area contributed by atoms with Crippen LogP contribution >= 0.6 is 22.9 Å². The Morgan fingerprint density at radius 2 is 2.33 bits per heavy atom. The molecule has 0 N–H and O–H groups in total. The molecule has 0 unspecified atom stereocenters. The highest BCUT2D eigenvalue weighted by molar-refractivity contribution is 7.09. The number of aryl methyl sites for hydroxylation is 1. The quantitative estimate of drug-likeness (QED) is 0.635. The topological polar surface area (TPSA) is 65.3 Å². The zero-order chi connectivity index (χ0) is 13.1. The third-order valence-electron chi connectivity index (χ3n) is 2.14. The van der Waals surface area contributed by atoms with Crippen molar-refractivity contribution in [2.24, 2.45) is 0 Å². The van der Waals surface area contributed by atoms with Crippen molar-refractivity contribution in [1.29, 1.82) is 0 Å². The fraction of sp³-hybridized carbons (Fsp3) is 0.182. The van der Waals surface area contributed by atoms with Crippen LogP contribution in [0.25, 0.3) is 0 Å². The van der Waals surface area contributed by atoms with Crippen molar-refractivity contribution in [3.8, 4) is 5.75 Å². The molecule has 0 saturated carbocycles. The summed E-state index contributed by atoms with van der Waals surface area (Å²) < 4.78 is 5.46. The lowest BCUT2D eigenvalue weighted by Crippen LogP contribution is -1.96. The fourth-order valence-corrected chi connectivity index (χ4v) is 2.26. The van der Waals surface area contributed by atoms with E-state index in [9.17, 15) is 10.1 Å². The van der Waals surface area contributed by atoms with E-state index in [0.717, 1.165) is 10.7 Å². The van der Waals surface area contributed by atoms with Crippen LogP contribution in [0.3, 0.4) is 0 Å². The molecule has 0 aliphatic rings. The van der Waals surface area contributed by atoms with Crippen molar-refractivity contribution in [3.05, 3.63) is 49.4 Å². The molecular formula is C11H9ClN2O3S. The minimum absolute atomic E-state index is 0.0628. The molecule has 0 radical (unpaired) electrons. The number of benzene rings is 1. The van der Waals surface area contributed by atoms with E-state index in [1.807, 2.05) is 12.3 Å². The SMILES string of the molecule is Cc1csc(COc2ccc([N+](=O)[O-])c(Cl)c2)n1. The average Bonchev–Trinajstić information content (AvgIpc) is 2.72. The van der Waals surface area contributed by atoms with E-state index >= 15 is 0 Å². The summed E-state index contributed by atoms with van der Waals surface area (Å²) in [7, 11) is 0. The van der Waals surface area contributed by atoms with Crippen molar-refractivity contribution in [2.45, 2.75) is 13.5 Å². The second kappa shape index (κ2) is 5.32. The molecular weight excluding hydrogens is 276 g/mol. The van der Waals surface area contributed by atoms with Gasteiger partial charge in [-0.2, -0.15) is 0 Å². The molecule has 0 fully saturated rings. The van der Waals surface area contributed by atoms with Gasteiger partial charge >= 0.3 is 0 Å². The van der Waals surface area contributed by atoms with Gasteiger partial charge in [0, 0.05) is 23.2 Å². The highest BCUT2D eigenvalue weighted by atomic mass is 35.5. The van der Waals surface area contributed by atoms with E-state index in [0.29, 0.717) is 12.4 Å². The van der Waals surface area contributed by atoms with Crippen LogP contribution in [-0.2, 0) is 6.61 Å². The van der Waals surface area contributed by atoms with Gasteiger partial charge in [0.2, 0.25) is 0 Å². The first-order valence-corrected chi connectivity index (χ1v) is 6.30. The molecule has 0 bridgehead atoms. The number of aromatic nitrogens is 1. The van der Waals surface area contributed by atoms with Crippen molar-refractivity contribution >= 4 is 28.6 Å². The van der Waals surface area contributed by atoms with Crippen LogP contribution in [0.15, 0.2) is 23.6 Å². The number of hydrogen-bond donors (Lipinski definition) is 0. The highest BCUT2D eigenvalue weighted by Gasteiger charge is 2.12. The smallest absolute Gasteiger partial charge is 0.288 e. The van der Waals surface area contributed by atoms with Gasteiger partial charge in [-0.05, 0) is 13.0 Å². The van der Waals surface area contributed by atoms with Crippen molar-refractivity contribution < 1.29 is 9.66 Å². The average molecular weight is 285 g/mol. The maximum Gasteiger partial charge on any atom is 0.288 e. The minimum atomic E-state index is -0.531. The van der Waals surface area contributed by atoms with Crippen molar-refractivity contribution in [1.82, 2.24) is 4.98 Å². The number of hydrogen-bond acceptors (Lipinski definition) is 5. The van der Waals surface area contributed by atoms with Crippen LogP contribution in [0, 0.1) is 17.0 Å². The molecule has 0 amide bonds. The number of rotatable bonds is 4. The highest BCUT2D eigenvalue weighted by Crippen LogP contribution is 2.28. The Bertz CT molecular complexity index is 585. The summed E-state index contributed by atoms with van der Waals surface area (Å²) in [5, 5.41) is 13.4. The fourth-order valence-electron chi connectivity index (χ4n) is 1.34. The molecule has 1 aromatic carbocycles. The van der Waals surface area contributed by atoms with Gasteiger partial charge in [-0.25, -0.2) is 4.98 Å². The minimum Gasteiger partial charge on any atom is -0.486 e. The first kappa shape index (κ1) is 12.8. The number of thiazole rings is 1. The summed E-state index contributed by atoms with van der Waals surface area (Å²) in [4.78, 5) is 14.3. The van der Waals surface area contributed by atoms with Crippen LogP contribution in [0.4, 0.5) is 5.69 Å². The molecule has 1 aromatic heterocycles. The van der Waals surface area contributed by atoms with Gasteiger partial charge in [0.05, 0.1) is 4.92 Å². The lowest BCUT2D eigenvalue weighted by atomic mass is 10.3. The van der Waals surface area contributed by atoms with Gasteiger partial charge in [0.15, 0.2) is 0 Å². The van der Waals surface area contributed by atoms with Crippen molar-refractivity contribution in [2.75, 3.05) is 0 Å². The predicted molar refractivity (Wildman–Crippen MR) is 69.3 cm³/mol. The lowest BCUT2D eigenvalue weighted by molar-refractivity contribution is -0.384. The molecule has 7 heteroatoms. The summed E-state index contributed by atoms with van der Waals surface area (Å²) in [5.74, 6) is 0.485. The van der Waals surface area contributed by atoms with Crippen LogP contribution in [0.2, 0.25) is 5.02 Å². The zero-order valence-electron chi connectivity index (χ0n) is 9.42. The Labute approximate surface area is 112 Å². The van der Waals surface area contributed by atoms with E-state index in [2.05, 4.69) is 4.98 Å². The number of halogens is 1. The second-order valence-corrected chi connectivity index (χ2v) is 4.89. The number of ether oxygens (including phenoxy) is 1. The molecule has 0 atom stereocenters. The van der Waals surface area contributed by atoms with Gasteiger partial charge in [-0.3, -0.25) is 10.1 Å². The normalized spacial score (nSPS) is 10.3. The Balaban J connectivity index is 2.06. The molecule has 5 nitrogen and oxygen atoms in total. The summed E-state index contributed by atoms with van der Waals surface area (Å²) in [6.07, 6.45) is 0. The van der Waals surface area contributed by atoms with E-state index in [4.69, 9.17) is 16.3 Å². The van der Waals surface area contributed by atoms with E-state index < -0.39 is 4.92 Å². The summed E-state index contributed by atoms with van der Waals surface area (Å²) >= 11 is 7.28. The van der Waals surface area contributed by atoms with Gasteiger partial charge in [0.25, 0.3) is 5.69 Å². The molecule has 0 saturated heterocycles. The van der Waals surface area contributed by atoms with Gasteiger partial charge in [-0.1, -0.05) is 11.6 Å². The van der Waals surface area contributed by atoms with Crippen LogP contribution in [-0.4, -0.2) is 9.91 Å². The van der Waals surface area contributed by atoms with E-state index in [1.54, 1.807) is 0 Å². The summed E-state index contributed by atoms with van der Waals surface area (Å²) in [5.41, 5.74) is 0.814. The molecule has 0 aliphatic heterocycles.